The summed E-state index contributed by atoms with van der Waals surface area (Å²) in [4.78, 5) is 31.0. The number of anilines is 1. The molecule has 2 unspecified atom stereocenters. The number of aryl methyl sites for hydroxylation is 1. The van der Waals surface area contributed by atoms with Gasteiger partial charge in [0.15, 0.2) is 17.3 Å². The van der Waals surface area contributed by atoms with Crippen molar-refractivity contribution in [3.8, 4) is 11.5 Å². The van der Waals surface area contributed by atoms with E-state index in [-0.39, 0.29) is 24.4 Å². The first-order chi connectivity index (χ1) is 15.4. The first-order valence-electron chi connectivity index (χ1n) is 10.8. The lowest BCUT2D eigenvalue weighted by Gasteiger charge is -2.36. The Morgan fingerprint density at radius 1 is 1.12 bits per heavy atom. The lowest BCUT2D eigenvalue weighted by molar-refractivity contribution is -0.117. The van der Waals surface area contributed by atoms with E-state index in [4.69, 9.17) is 9.47 Å². The topological polar surface area (TPSA) is 89.6 Å². The first kappa shape index (κ1) is 20.3. The molecule has 1 aromatic heterocycles. The number of fused-ring (bicyclic) bond motifs is 1. The number of carbonyl (C=O) groups excluding carboxylic acids is 2. The Morgan fingerprint density at radius 3 is 2.72 bits per heavy atom. The van der Waals surface area contributed by atoms with Crippen molar-refractivity contribution in [1.82, 2.24) is 10.3 Å². The third-order valence-electron chi connectivity index (χ3n) is 6.16. The van der Waals surface area contributed by atoms with Crippen molar-refractivity contribution in [2.45, 2.75) is 39.5 Å². The van der Waals surface area contributed by atoms with Gasteiger partial charge in [-0.2, -0.15) is 0 Å². The molecule has 1 aromatic carbocycles. The van der Waals surface area contributed by atoms with E-state index in [1.54, 1.807) is 12.3 Å². The summed E-state index contributed by atoms with van der Waals surface area (Å²) in [6, 6.07) is 9.28. The van der Waals surface area contributed by atoms with Crippen LogP contribution >= 0.6 is 0 Å². The van der Waals surface area contributed by atoms with Gasteiger partial charge < -0.3 is 20.1 Å². The van der Waals surface area contributed by atoms with Crippen LogP contribution in [0.15, 0.2) is 59.1 Å². The maximum Gasteiger partial charge on any atom is 0.255 e. The zero-order chi connectivity index (χ0) is 22.4. The Balaban J connectivity index is 1.59. The van der Waals surface area contributed by atoms with Crippen LogP contribution in [0.25, 0.3) is 0 Å². The van der Waals surface area contributed by atoms with Crippen LogP contribution in [0.2, 0.25) is 0 Å². The number of Topliss-reactive ketones (excluding diaryl/α,β-unsaturated/α-hetero) is 1. The number of amides is 1. The van der Waals surface area contributed by atoms with Crippen molar-refractivity contribution in [3.05, 3.63) is 70.2 Å². The fraction of sp³-hybridized carbons (Fsp3) is 0.320. The molecule has 0 spiro atoms. The summed E-state index contributed by atoms with van der Waals surface area (Å²) >= 11 is 0. The number of nitrogens with zero attached hydrogens (tertiary/aromatic N) is 1. The van der Waals surface area contributed by atoms with Crippen LogP contribution in [-0.4, -0.2) is 23.5 Å². The first-order valence-corrected chi connectivity index (χ1v) is 10.8. The highest BCUT2D eigenvalue weighted by molar-refractivity contribution is 6.09. The van der Waals surface area contributed by atoms with Crippen LogP contribution in [0, 0.1) is 12.8 Å². The summed E-state index contributed by atoms with van der Waals surface area (Å²) in [7, 11) is 0. The van der Waals surface area contributed by atoms with Gasteiger partial charge in [-0.25, -0.2) is 4.98 Å². The average Bonchev–Trinajstić information content (AvgIpc) is 3.22. The fourth-order valence-electron chi connectivity index (χ4n) is 4.69. The van der Waals surface area contributed by atoms with E-state index in [1.165, 1.54) is 0 Å². The number of benzene rings is 1. The second-order valence-electron chi connectivity index (χ2n) is 8.71. The van der Waals surface area contributed by atoms with Gasteiger partial charge in [-0.3, -0.25) is 9.59 Å². The van der Waals surface area contributed by atoms with Crippen molar-refractivity contribution in [1.29, 1.82) is 0 Å². The van der Waals surface area contributed by atoms with E-state index in [2.05, 4.69) is 22.5 Å². The van der Waals surface area contributed by atoms with E-state index in [1.807, 2.05) is 38.1 Å². The van der Waals surface area contributed by atoms with Crippen molar-refractivity contribution >= 4 is 17.5 Å². The molecule has 164 valence electrons. The van der Waals surface area contributed by atoms with Crippen LogP contribution in [0.4, 0.5) is 5.82 Å². The molecule has 1 aliphatic carbocycles. The Labute approximate surface area is 186 Å². The zero-order valence-corrected chi connectivity index (χ0v) is 18.3. The zero-order valence-electron chi connectivity index (χ0n) is 18.3. The number of nitrogens with one attached hydrogen (secondary N) is 2. The summed E-state index contributed by atoms with van der Waals surface area (Å²) in [6.07, 6.45) is 2.95. The molecule has 0 fully saturated rings. The van der Waals surface area contributed by atoms with Crippen LogP contribution in [0.5, 0.6) is 11.5 Å². The number of carbonyl (C=O) groups is 2. The summed E-state index contributed by atoms with van der Waals surface area (Å²) in [5.41, 5.74) is 4.64. The average molecular weight is 431 g/mol. The van der Waals surface area contributed by atoms with E-state index in [0.29, 0.717) is 34.9 Å². The monoisotopic (exact) mass is 431 g/mol. The molecule has 2 aromatic rings. The number of dihydropyridines is 1. The number of ether oxygens (including phenoxy) is 2. The van der Waals surface area contributed by atoms with Gasteiger partial charge in [0.1, 0.15) is 5.82 Å². The summed E-state index contributed by atoms with van der Waals surface area (Å²) in [5, 5.41) is 6.26. The molecular formula is C25H25N3O4. The molecule has 1 amide bonds. The minimum atomic E-state index is -0.494. The minimum absolute atomic E-state index is 0.0696. The quantitative estimate of drug-likeness (QED) is 0.764. The van der Waals surface area contributed by atoms with E-state index >= 15 is 0 Å². The Bertz CT molecular complexity index is 1180. The molecule has 2 aliphatic heterocycles. The lowest BCUT2D eigenvalue weighted by Crippen LogP contribution is -2.37. The second-order valence-corrected chi connectivity index (χ2v) is 8.71. The number of allylic oxidation sites excluding steroid dienone is 3. The van der Waals surface area contributed by atoms with E-state index < -0.39 is 5.92 Å². The van der Waals surface area contributed by atoms with Gasteiger partial charge >= 0.3 is 0 Å². The number of rotatable bonds is 3. The van der Waals surface area contributed by atoms with Gasteiger partial charge in [0.05, 0.1) is 0 Å². The highest BCUT2D eigenvalue weighted by atomic mass is 16.7. The maximum absolute atomic E-state index is 13.5. The van der Waals surface area contributed by atoms with Crippen molar-refractivity contribution < 1.29 is 19.1 Å². The molecule has 7 nitrogen and oxygen atoms in total. The predicted molar refractivity (Wildman–Crippen MR) is 119 cm³/mol. The van der Waals surface area contributed by atoms with Gasteiger partial charge in [-0.1, -0.05) is 19.1 Å². The molecular weight excluding hydrogens is 406 g/mol. The Kier molecular flexibility index (Phi) is 4.96. The highest BCUT2D eigenvalue weighted by Gasteiger charge is 2.40. The standard InChI is InChI=1S/C25H25N3O4/c1-13-4-7-21(26-11-13)28-25(30)22-15(3)27-17-8-14(2)9-18(29)24(17)23(22)16-5-6-19-20(10-16)32-12-31-19/h4-7,10-11,14,23,27H,8-9,12H2,1-3H3,(H,26,28,30). The van der Waals surface area contributed by atoms with E-state index in [0.717, 1.165) is 28.9 Å². The van der Waals surface area contributed by atoms with Gasteiger partial charge in [0.25, 0.3) is 5.91 Å². The third-order valence-corrected chi connectivity index (χ3v) is 6.16. The van der Waals surface area contributed by atoms with E-state index in [9.17, 15) is 9.59 Å². The molecule has 0 bridgehead atoms. The number of pyridine rings is 1. The Hall–Kier alpha value is -3.61. The van der Waals surface area contributed by atoms with Crippen LogP contribution in [-0.2, 0) is 9.59 Å². The molecule has 7 heteroatoms. The molecule has 3 heterocycles. The summed E-state index contributed by atoms with van der Waals surface area (Å²) in [6.45, 7) is 6.06. The van der Waals surface area contributed by atoms with Crippen LogP contribution in [0.3, 0.4) is 0 Å². The lowest BCUT2D eigenvalue weighted by atomic mass is 9.73. The summed E-state index contributed by atoms with van der Waals surface area (Å²) < 4.78 is 11.0. The minimum Gasteiger partial charge on any atom is -0.454 e. The largest absolute Gasteiger partial charge is 0.454 e. The highest BCUT2D eigenvalue weighted by Crippen LogP contribution is 2.45. The van der Waals surface area contributed by atoms with Gasteiger partial charge in [-0.05, 0) is 55.5 Å². The molecule has 0 radical (unpaired) electrons. The molecule has 2 N–H and O–H groups in total. The number of hydrogen-bond acceptors (Lipinski definition) is 6. The SMILES string of the molecule is CC1=C(C(=O)Nc2ccc(C)cn2)C(c2ccc3c(c2)OCO3)C2=C(CC(C)CC2=O)N1. The molecule has 3 aliphatic rings. The molecule has 5 rings (SSSR count). The van der Waals surface area contributed by atoms with Gasteiger partial charge in [0, 0.05) is 41.1 Å². The Morgan fingerprint density at radius 2 is 1.94 bits per heavy atom. The number of ketones is 1. The van der Waals surface area contributed by atoms with Gasteiger partial charge in [0.2, 0.25) is 6.79 Å². The van der Waals surface area contributed by atoms with Crippen LogP contribution < -0.4 is 20.1 Å². The molecule has 2 atom stereocenters. The molecule has 0 saturated heterocycles. The maximum atomic E-state index is 13.5. The molecule has 32 heavy (non-hydrogen) atoms. The van der Waals surface area contributed by atoms with Crippen molar-refractivity contribution in [3.63, 3.8) is 0 Å². The number of aromatic nitrogens is 1. The smallest absolute Gasteiger partial charge is 0.255 e. The van der Waals surface area contributed by atoms with Crippen molar-refractivity contribution in [2.24, 2.45) is 5.92 Å². The fourth-order valence-corrected chi connectivity index (χ4v) is 4.69. The predicted octanol–water partition coefficient (Wildman–Crippen LogP) is 3.97. The van der Waals surface area contributed by atoms with Gasteiger partial charge in [-0.15, -0.1) is 0 Å². The molecule has 0 saturated carbocycles. The van der Waals surface area contributed by atoms with Crippen molar-refractivity contribution in [2.75, 3.05) is 12.1 Å². The van der Waals surface area contributed by atoms with Crippen LogP contribution in [0.1, 0.15) is 43.7 Å². The number of hydrogen-bond donors (Lipinski definition) is 2. The normalized spacial score (nSPS) is 21.9. The third kappa shape index (κ3) is 3.53. The summed E-state index contributed by atoms with van der Waals surface area (Å²) in [5.74, 6) is 1.30. The second kappa shape index (κ2) is 7.82.